The molecule has 2 aromatic carbocycles. The number of carbonyl (C=O) groups excluding carboxylic acids is 4. The summed E-state index contributed by atoms with van der Waals surface area (Å²) in [4.78, 5) is 53.2. The molecule has 11 nitrogen and oxygen atoms in total. The van der Waals surface area contributed by atoms with Crippen molar-refractivity contribution in [1.82, 2.24) is 21.3 Å². The van der Waals surface area contributed by atoms with Crippen LogP contribution in [-0.4, -0.2) is 66.8 Å². The number of benzene rings is 2. The molecule has 1 heterocycles. The van der Waals surface area contributed by atoms with E-state index in [2.05, 4.69) is 21.3 Å². The minimum atomic E-state index is -1.40. The molecule has 1 aliphatic carbocycles. The van der Waals surface area contributed by atoms with E-state index < -0.39 is 40.6 Å². The van der Waals surface area contributed by atoms with Crippen LogP contribution in [0.3, 0.4) is 0 Å². The number of alkyl carbamates (subject to hydrolysis) is 1. The van der Waals surface area contributed by atoms with Crippen LogP contribution in [0, 0.1) is 0 Å². The molecule has 0 aromatic heterocycles. The van der Waals surface area contributed by atoms with Crippen molar-refractivity contribution in [2.24, 2.45) is 0 Å². The number of ether oxygens (including phenoxy) is 3. The lowest BCUT2D eigenvalue weighted by Gasteiger charge is -2.36. The van der Waals surface area contributed by atoms with Gasteiger partial charge in [-0.3, -0.25) is 14.4 Å². The van der Waals surface area contributed by atoms with Gasteiger partial charge in [0.2, 0.25) is 11.8 Å². The minimum absolute atomic E-state index is 0.101. The molecule has 1 spiro atoms. The van der Waals surface area contributed by atoms with Crippen molar-refractivity contribution in [2.45, 2.75) is 96.1 Å². The van der Waals surface area contributed by atoms with Crippen LogP contribution in [0.2, 0.25) is 0 Å². The zero-order chi connectivity index (χ0) is 34.2. The Morgan fingerprint density at radius 2 is 1.60 bits per heavy atom. The number of methoxy groups -OCH3 is 1. The maximum absolute atomic E-state index is 13.8. The summed E-state index contributed by atoms with van der Waals surface area (Å²) in [5.74, 6) is -0.571. The maximum Gasteiger partial charge on any atom is 0.408 e. The number of nitrogens with one attached hydrogen (secondary N) is 4. The predicted molar refractivity (Wildman–Crippen MR) is 178 cm³/mol. The summed E-state index contributed by atoms with van der Waals surface area (Å²) >= 11 is 0. The Balaban J connectivity index is 1.55. The first-order chi connectivity index (χ1) is 22.2. The van der Waals surface area contributed by atoms with Crippen LogP contribution in [0.25, 0.3) is 5.57 Å². The highest BCUT2D eigenvalue weighted by atomic mass is 16.6. The fourth-order valence-electron chi connectivity index (χ4n) is 5.94. The van der Waals surface area contributed by atoms with E-state index in [9.17, 15) is 19.2 Å². The smallest absolute Gasteiger partial charge is 0.408 e. The fourth-order valence-corrected chi connectivity index (χ4v) is 5.94. The standard InChI is InChI=1S/C36H48N4O7/c1-34(2,3)47-33(44)40-35(4,5)32(43)38-28(23-46-22-24-13-9-7-10-14-24)30(41)37-21-27-29(25-15-17-26(45-6)18-16-25)31(42)39-36(27)19-11-8-12-20-36/h7,9-10,13-18,28H,8,11-12,19-23H2,1-6H3,(H,37,41)(H,38,43)(H,39,42)(H,40,44)/t28-/m1/s1. The van der Waals surface area contributed by atoms with Crippen molar-refractivity contribution in [2.75, 3.05) is 20.3 Å². The van der Waals surface area contributed by atoms with Gasteiger partial charge in [0.15, 0.2) is 0 Å². The third-order valence-corrected chi connectivity index (χ3v) is 8.38. The average Bonchev–Trinajstić information content (AvgIpc) is 3.28. The second-order valence-electron chi connectivity index (χ2n) is 13.7. The molecule has 1 atom stereocenters. The van der Waals surface area contributed by atoms with Gasteiger partial charge in [-0.05, 0) is 76.3 Å². The molecule has 0 radical (unpaired) electrons. The molecule has 0 saturated heterocycles. The van der Waals surface area contributed by atoms with E-state index >= 15 is 0 Å². The highest BCUT2D eigenvalue weighted by Gasteiger charge is 2.46. The molecule has 4 amide bonds. The first-order valence-electron chi connectivity index (χ1n) is 16.1. The van der Waals surface area contributed by atoms with Gasteiger partial charge in [0, 0.05) is 12.1 Å². The molecule has 4 N–H and O–H groups in total. The Morgan fingerprint density at radius 1 is 0.936 bits per heavy atom. The lowest BCUT2D eigenvalue weighted by Crippen LogP contribution is -2.60. The minimum Gasteiger partial charge on any atom is -0.497 e. The van der Waals surface area contributed by atoms with Crippen LogP contribution >= 0.6 is 0 Å². The summed E-state index contributed by atoms with van der Waals surface area (Å²) < 4.78 is 16.5. The van der Waals surface area contributed by atoms with Gasteiger partial charge < -0.3 is 35.5 Å². The van der Waals surface area contributed by atoms with Crippen LogP contribution in [0.5, 0.6) is 5.75 Å². The molecule has 4 rings (SSSR count). The summed E-state index contributed by atoms with van der Waals surface area (Å²) in [5.41, 5.74) is 0.296. The summed E-state index contributed by atoms with van der Waals surface area (Å²) in [5, 5.41) is 11.6. The van der Waals surface area contributed by atoms with Gasteiger partial charge in [0.1, 0.15) is 22.9 Å². The van der Waals surface area contributed by atoms with Crippen molar-refractivity contribution in [3.05, 3.63) is 71.3 Å². The third-order valence-electron chi connectivity index (χ3n) is 8.38. The van der Waals surface area contributed by atoms with Crippen molar-refractivity contribution in [3.63, 3.8) is 0 Å². The zero-order valence-corrected chi connectivity index (χ0v) is 28.3. The van der Waals surface area contributed by atoms with Crippen LogP contribution in [-0.2, 0) is 30.5 Å². The molecule has 0 bridgehead atoms. The van der Waals surface area contributed by atoms with Gasteiger partial charge in [-0.15, -0.1) is 0 Å². The highest BCUT2D eigenvalue weighted by molar-refractivity contribution is 6.24. The van der Waals surface area contributed by atoms with E-state index in [1.807, 2.05) is 42.5 Å². The van der Waals surface area contributed by atoms with Gasteiger partial charge in [0.05, 0.1) is 25.9 Å². The molecular weight excluding hydrogens is 600 g/mol. The normalized spacial score (nSPS) is 16.7. The molecule has 254 valence electrons. The Kier molecular flexibility index (Phi) is 11.3. The van der Waals surface area contributed by atoms with Crippen LogP contribution < -0.4 is 26.0 Å². The highest BCUT2D eigenvalue weighted by Crippen LogP contribution is 2.42. The summed E-state index contributed by atoms with van der Waals surface area (Å²) in [6.45, 7) is 8.44. The zero-order valence-electron chi connectivity index (χ0n) is 28.3. The van der Waals surface area contributed by atoms with E-state index in [0.717, 1.165) is 48.8 Å². The van der Waals surface area contributed by atoms with E-state index in [4.69, 9.17) is 14.2 Å². The number of hydrogen-bond donors (Lipinski definition) is 4. The molecule has 1 aliphatic heterocycles. The van der Waals surface area contributed by atoms with Crippen LogP contribution in [0.4, 0.5) is 4.79 Å². The average molecular weight is 649 g/mol. The Labute approximate surface area is 277 Å². The number of amides is 4. The summed E-state index contributed by atoms with van der Waals surface area (Å²) in [6, 6.07) is 15.7. The Bertz CT molecular complexity index is 1460. The monoisotopic (exact) mass is 648 g/mol. The van der Waals surface area contributed by atoms with Crippen molar-refractivity contribution >= 4 is 29.4 Å². The Morgan fingerprint density at radius 3 is 2.21 bits per heavy atom. The summed E-state index contributed by atoms with van der Waals surface area (Å²) in [6.07, 6.45) is 3.78. The van der Waals surface area contributed by atoms with Gasteiger partial charge in [-0.25, -0.2) is 4.79 Å². The molecule has 0 unspecified atom stereocenters. The quantitative estimate of drug-likeness (QED) is 0.267. The SMILES string of the molecule is COc1ccc(C2=C(CNC(=O)[C@@H](COCc3ccccc3)NC(=O)C(C)(C)NC(=O)OC(C)(C)C)C3(CCCCC3)NC2=O)cc1. The van der Waals surface area contributed by atoms with Crippen LogP contribution in [0.15, 0.2) is 60.2 Å². The first-order valence-corrected chi connectivity index (χ1v) is 16.1. The van der Waals surface area contributed by atoms with E-state index in [-0.39, 0.29) is 25.7 Å². The molecule has 1 saturated carbocycles. The topological polar surface area (TPSA) is 144 Å². The second-order valence-corrected chi connectivity index (χ2v) is 13.7. The largest absolute Gasteiger partial charge is 0.497 e. The lowest BCUT2D eigenvalue weighted by molar-refractivity contribution is -0.133. The first kappa shape index (κ1) is 35.5. The van der Waals surface area contributed by atoms with Gasteiger partial charge in [-0.2, -0.15) is 0 Å². The molecule has 2 aromatic rings. The molecule has 47 heavy (non-hydrogen) atoms. The van der Waals surface area contributed by atoms with Crippen molar-refractivity contribution in [3.8, 4) is 5.75 Å². The molecule has 11 heteroatoms. The number of rotatable bonds is 12. The predicted octanol–water partition coefficient (Wildman–Crippen LogP) is 4.40. The number of hydrogen-bond acceptors (Lipinski definition) is 7. The molecule has 1 fully saturated rings. The fraction of sp³-hybridized carbons (Fsp3) is 0.500. The van der Waals surface area contributed by atoms with Gasteiger partial charge in [-0.1, -0.05) is 61.7 Å². The van der Waals surface area contributed by atoms with Gasteiger partial charge in [0.25, 0.3) is 5.91 Å². The molecular formula is C36H48N4O7. The molecule has 2 aliphatic rings. The third kappa shape index (κ3) is 9.34. The Hall–Kier alpha value is -4.38. The lowest BCUT2D eigenvalue weighted by atomic mass is 9.76. The summed E-state index contributed by atoms with van der Waals surface area (Å²) in [7, 11) is 1.59. The number of carbonyl (C=O) groups is 4. The second kappa shape index (κ2) is 15.0. The van der Waals surface area contributed by atoms with Crippen LogP contribution in [0.1, 0.15) is 77.8 Å². The van der Waals surface area contributed by atoms with E-state index in [1.165, 1.54) is 13.8 Å². The van der Waals surface area contributed by atoms with E-state index in [0.29, 0.717) is 11.3 Å². The van der Waals surface area contributed by atoms with E-state index in [1.54, 1.807) is 40.0 Å². The maximum atomic E-state index is 13.8. The van der Waals surface area contributed by atoms with Gasteiger partial charge >= 0.3 is 6.09 Å². The van der Waals surface area contributed by atoms with Crippen molar-refractivity contribution < 1.29 is 33.4 Å². The van der Waals surface area contributed by atoms with Crippen molar-refractivity contribution in [1.29, 1.82) is 0 Å².